The molecule has 4 heteroatoms. The molecule has 0 saturated heterocycles. The molecule has 0 aliphatic rings. The van der Waals surface area contributed by atoms with Gasteiger partial charge in [0.05, 0.1) is 5.25 Å². The fraction of sp³-hybridized carbons (Fsp3) is 0.600. The maximum Gasteiger partial charge on any atom is 0.235 e. The normalized spacial score (nSPS) is 14.9. The fourth-order valence-electron chi connectivity index (χ4n) is 0.350. The molecule has 0 aliphatic heterocycles. The second-order valence-electron chi connectivity index (χ2n) is 1.81. The topological polar surface area (TPSA) is 34.1 Å². The lowest BCUT2D eigenvalue weighted by atomic mass is 10.3. The molecule has 2 nitrogen and oxygen atoms in total. The molecule has 54 valence electrons. The molecular formula is C5H9ClO2S. The van der Waals surface area contributed by atoms with Crippen molar-refractivity contribution in [2.45, 2.75) is 18.6 Å². The second-order valence-corrected chi connectivity index (χ2v) is 4.86. The Kier molecular flexibility index (Phi) is 3.22. The SMILES string of the molecule is C=CCC(C)S(=O)(=O)Cl. The molecule has 0 aromatic heterocycles. The van der Waals surface area contributed by atoms with E-state index in [0.717, 1.165) is 0 Å². The van der Waals surface area contributed by atoms with Gasteiger partial charge in [-0.3, -0.25) is 0 Å². The van der Waals surface area contributed by atoms with Gasteiger partial charge in [0.2, 0.25) is 9.05 Å². The van der Waals surface area contributed by atoms with Gasteiger partial charge in [-0.2, -0.15) is 0 Å². The molecule has 0 heterocycles. The molecule has 0 fully saturated rings. The predicted octanol–water partition coefficient (Wildman–Crippen LogP) is 1.52. The maximum absolute atomic E-state index is 10.4. The Hall–Kier alpha value is -0.0200. The van der Waals surface area contributed by atoms with Crippen molar-refractivity contribution < 1.29 is 8.42 Å². The van der Waals surface area contributed by atoms with Gasteiger partial charge in [-0.05, 0) is 13.3 Å². The van der Waals surface area contributed by atoms with Gasteiger partial charge in [-0.1, -0.05) is 6.08 Å². The van der Waals surface area contributed by atoms with Crippen molar-refractivity contribution in [3.8, 4) is 0 Å². The minimum absolute atomic E-state index is 0.409. The van der Waals surface area contributed by atoms with Gasteiger partial charge in [0.1, 0.15) is 0 Å². The quantitative estimate of drug-likeness (QED) is 0.473. The molecule has 0 saturated carbocycles. The Morgan fingerprint density at radius 3 is 2.33 bits per heavy atom. The number of allylic oxidation sites excluding steroid dienone is 1. The first kappa shape index (κ1) is 8.98. The van der Waals surface area contributed by atoms with Crippen LogP contribution in [0.15, 0.2) is 12.7 Å². The number of hydrogen-bond donors (Lipinski definition) is 0. The van der Waals surface area contributed by atoms with Crippen LogP contribution in [0.1, 0.15) is 13.3 Å². The van der Waals surface area contributed by atoms with Crippen LogP contribution in [0.2, 0.25) is 0 Å². The zero-order valence-corrected chi connectivity index (χ0v) is 6.74. The highest BCUT2D eigenvalue weighted by molar-refractivity contribution is 8.14. The van der Waals surface area contributed by atoms with Crippen LogP contribution < -0.4 is 0 Å². The molecule has 0 rings (SSSR count). The second kappa shape index (κ2) is 3.22. The summed E-state index contributed by atoms with van der Waals surface area (Å²) in [5.74, 6) is 0. The van der Waals surface area contributed by atoms with Gasteiger partial charge in [-0.25, -0.2) is 8.42 Å². The summed E-state index contributed by atoms with van der Waals surface area (Å²) in [5.41, 5.74) is 0. The third-order valence-corrected chi connectivity index (χ3v) is 3.05. The van der Waals surface area contributed by atoms with Crippen molar-refractivity contribution in [1.82, 2.24) is 0 Å². The first-order chi connectivity index (χ1) is 3.98. The summed E-state index contributed by atoms with van der Waals surface area (Å²) in [4.78, 5) is 0. The molecule has 9 heavy (non-hydrogen) atoms. The summed E-state index contributed by atoms with van der Waals surface area (Å²) in [6, 6.07) is 0. The van der Waals surface area contributed by atoms with E-state index in [-0.39, 0.29) is 0 Å². The highest BCUT2D eigenvalue weighted by Crippen LogP contribution is 2.09. The molecule has 0 radical (unpaired) electrons. The highest BCUT2D eigenvalue weighted by atomic mass is 35.7. The molecule has 0 aromatic rings. The van der Waals surface area contributed by atoms with Crippen LogP contribution in [0.4, 0.5) is 0 Å². The third kappa shape index (κ3) is 3.54. The van der Waals surface area contributed by atoms with Crippen LogP contribution in [0.3, 0.4) is 0 Å². The number of halogens is 1. The van der Waals surface area contributed by atoms with E-state index in [4.69, 9.17) is 10.7 Å². The number of rotatable bonds is 3. The summed E-state index contributed by atoms with van der Waals surface area (Å²) in [6.45, 7) is 4.94. The minimum Gasteiger partial charge on any atom is -0.212 e. The standard InChI is InChI=1S/C5H9ClO2S/c1-3-4-5(2)9(6,7)8/h3,5H,1,4H2,2H3. The van der Waals surface area contributed by atoms with Crippen molar-refractivity contribution in [3.63, 3.8) is 0 Å². The Labute approximate surface area is 59.9 Å². The summed E-state index contributed by atoms with van der Waals surface area (Å²) >= 11 is 0. The summed E-state index contributed by atoms with van der Waals surface area (Å²) in [6.07, 6.45) is 1.94. The summed E-state index contributed by atoms with van der Waals surface area (Å²) < 4.78 is 20.9. The van der Waals surface area contributed by atoms with Crippen molar-refractivity contribution in [2.24, 2.45) is 0 Å². The van der Waals surface area contributed by atoms with Gasteiger partial charge >= 0.3 is 0 Å². The highest BCUT2D eigenvalue weighted by Gasteiger charge is 2.14. The van der Waals surface area contributed by atoms with Crippen molar-refractivity contribution in [2.75, 3.05) is 0 Å². The first-order valence-corrected chi connectivity index (χ1v) is 4.90. The Morgan fingerprint density at radius 2 is 2.22 bits per heavy atom. The monoisotopic (exact) mass is 168 g/mol. The minimum atomic E-state index is -3.36. The van der Waals surface area contributed by atoms with Crippen molar-refractivity contribution >= 4 is 19.7 Å². The Bertz CT molecular complexity index is 183. The van der Waals surface area contributed by atoms with Gasteiger partial charge in [-0.15, -0.1) is 6.58 Å². The zero-order valence-electron chi connectivity index (χ0n) is 5.17. The van der Waals surface area contributed by atoms with Crippen molar-refractivity contribution in [3.05, 3.63) is 12.7 Å². The molecular weight excluding hydrogens is 160 g/mol. The van der Waals surface area contributed by atoms with Gasteiger partial charge in [0.15, 0.2) is 0 Å². The molecule has 0 bridgehead atoms. The molecule has 1 atom stereocenters. The predicted molar refractivity (Wildman–Crippen MR) is 39.0 cm³/mol. The summed E-state index contributed by atoms with van der Waals surface area (Å²) in [7, 11) is 1.62. The van der Waals surface area contributed by atoms with E-state index in [2.05, 4.69) is 6.58 Å². The lowest BCUT2D eigenvalue weighted by Gasteiger charge is -2.00. The summed E-state index contributed by atoms with van der Waals surface area (Å²) in [5, 5.41) is -0.517. The molecule has 0 aromatic carbocycles. The van der Waals surface area contributed by atoms with Crippen LogP contribution in [-0.4, -0.2) is 13.7 Å². The first-order valence-electron chi connectivity index (χ1n) is 2.53. The third-order valence-electron chi connectivity index (χ3n) is 0.979. The molecule has 0 aliphatic carbocycles. The van der Waals surface area contributed by atoms with Crippen LogP contribution in [0.5, 0.6) is 0 Å². The van der Waals surface area contributed by atoms with Gasteiger partial charge in [0, 0.05) is 10.7 Å². The van der Waals surface area contributed by atoms with Gasteiger partial charge < -0.3 is 0 Å². The fourth-order valence-corrected chi connectivity index (χ4v) is 0.934. The van der Waals surface area contributed by atoms with Crippen LogP contribution >= 0.6 is 10.7 Å². The van der Waals surface area contributed by atoms with Crippen LogP contribution in [0.25, 0.3) is 0 Å². The molecule has 0 N–H and O–H groups in total. The van der Waals surface area contributed by atoms with E-state index in [1.807, 2.05) is 0 Å². The van der Waals surface area contributed by atoms with Crippen LogP contribution in [0, 0.1) is 0 Å². The van der Waals surface area contributed by atoms with E-state index < -0.39 is 14.3 Å². The van der Waals surface area contributed by atoms with E-state index in [9.17, 15) is 8.42 Å². The van der Waals surface area contributed by atoms with Gasteiger partial charge in [0.25, 0.3) is 0 Å². The van der Waals surface area contributed by atoms with Crippen LogP contribution in [-0.2, 0) is 9.05 Å². The lowest BCUT2D eigenvalue weighted by molar-refractivity contribution is 0.598. The van der Waals surface area contributed by atoms with E-state index in [0.29, 0.717) is 6.42 Å². The Balaban J connectivity index is 4.05. The van der Waals surface area contributed by atoms with Crippen molar-refractivity contribution in [1.29, 1.82) is 0 Å². The number of hydrogen-bond acceptors (Lipinski definition) is 2. The largest absolute Gasteiger partial charge is 0.235 e. The van der Waals surface area contributed by atoms with E-state index >= 15 is 0 Å². The smallest absolute Gasteiger partial charge is 0.212 e. The molecule has 1 unspecified atom stereocenters. The Morgan fingerprint density at radius 1 is 1.78 bits per heavy atom. The molecule has 0 amide bonds. The average molecular weight is 169 g/mol. The maximum atomic E-state index is 10.4. The van der Waals surface area contributed by atoms with E-state index in [1.54, 1.807) is 6.92 Å². The lowest BCUT2D eigenvalue weighted by Crippen LogP contribution is -2.09. The average Bonchev–Trinajstić information content (AvgIpc) is 1.64. The van der Waals surface area contributed by atoms with E-state index in [1.165, 1.54) is 6.08 Å². The molecule has 0 spiro atoms. The zero-order chi connectivity index (χ0) is 7.49.